The number of nitrogen functional groups attached to an aromatic ring is 1. The number of aliphatic hydroxyl groups excluding tert-OH is 1. The van der Waals surface area contributed by atoms with Crippen molar-refractivity contribution in [3.8, 4) is 0 Å². The number of rotatable bonds is 2. The summed E-state index contributed by atoms with van der Waals surface area (Å²) >= 11 is 1.35. The van der Waals surface area contributed by atoms with Crippen LogP contribution in [-0.4, -0.2) is 43.7 Å². The van der Waals surface area contributed by atoms with Crippen LogP contribution in [0.5, 0.6) is 0 Å². The first-order valence-electron chi connectivity index (χ1n) is 5.25. The van der Waals surface area contributed by atoms with Crippen LogP contribution in [0, 0.1) is 5.82 Å². The molecule has 2 atom stereocenters. The Morgan fingerprint density at radius 1 is 1.70 bits per heavy atom. The first-order chi connectivity index (χ1) is 9.35. The van der Waals surface area contributed by atoms with Crippen LogP contribution in [0.1, 0.15) is 6.23 Å². The van der Waals surface area contributed by atoms with E-state index in [-0.39, 0.29) is 6.61 Å². The van der Waals surface area contributed by atoms with E-state index < -0.39 is 35.1 Å². The number of hydrogen-bond acceptors (Lipinski definition) is 7. The number of ether oxygens (including phenoxy) is 1. The second kappa shape index (κ2) is 7.07. The second-order valence-corrected chi connectivity index (χ2v) is 4.73. The molecule has 1 amide bonds. The fourth-order valence-electron chi connectivity index (χ4n) is 1.35. The topological polar surface area (TPSA) is 154 Å². The normalized spacial score (nSPS) is 21.1. The van der Waals surface area contributed by atoms with Crippen molar-refractivity contribution in [2.45, 2.75) is 11.7 Å². The maximum Gasteiger partial charge on any atom is 0.402 e. The third-order valence-electron chi connectivity index (χ3n) is 2.13. The Balaban J connectivity index is 0.000000444. The Morgan fingerprint density at radius 2 is 2.30 bits per heavy atom. The van der Waals surface area contributed by atoms with Crippen molar-refractivity contribution in [1.29, 1.82) is 0 Å². The number of halogens is 1. The molecule has 1 aliphatic heterocycles. The zero-order valence-electron chi connectivity index (χ0n) is 10.1. The molecule has 1 aromatic rings. The minimum atomic E-state index is -1.33. The van der Waals surface area contributed by atoms with Crippen molar-refractivity contribution in [3.63, 3.8) is 0 Å². The molecular formula is C9H13FN4O5S. The predicted molar refractivity (Wildman–Crippen MR) is 68.5 cm³/mol. The Hall–Kier alpha value is -1.85. The van der Waals surface area contributed by atoms with Crippen LogP contribution in [-0.2, 0) is 4.74 Å². The Bertz CT molecular complexity index is 536. The van der Waals surface area contributed by atoms with Gasteiger partial charge in [0.05, 0.1) is 12.8 Å². The average Bonchev–Trinajstić information content (AvgIpc) is 2.81. The second-order valence-electron chi connectivity index (χ2n) is 3.54. The lowest BCUT2D eigenvalue weighted by atomic mass is 10.5. The molecule has 0 aliphatic carbocycles. The summed E-state index contributed by atoms with van der Waals surface area (Å²) in [5.41, 5.74) is 8.13. The van der Waals surface area contributed by atoms with E-state index in [9.17, 15) is 9.18 Å². The van der Waals surface area contributed by atoms with E-state index in [1.165, 1.54) is 11.8 Å². The summed E-state index contributed by atoms with van der Waals surface area (Å²) in [6.45, 7) is -0.152. The largest absolute Gasteiger partial charge is 0.465 e. The van der Waals surface area contributed by atoms with Crippen LogP contribution in [0.2, 0.25) is 0 Å². The van der Waals surface area contributed by atoms with Gasteiger partial charge in [0.2, 0.25) is 0 Å². The third-order valence-corrected chi connectivity index (χ3v) is 3.24. The summed E-state index contributed by atoms with van der Waals surface area (Å²) in [6.07, 6.45) is -0.979. The van der Waals surface area contributed by atoms with E-state index in [1.807, 2.05) is 0 Å². The molecule has 112 valence electrons. The number of thioether (sulfide) groups is 1. The minimum absolute atomic E-state index is 0.152. The fraction of sp³-hybridized carbons (Fsp3) is 0.444. The number of anilines is 1. The molecule has 0 radical (unpaired) electrons. The van der Waals surface area contributed by atoms with Gasteiger partial charge < -0.3 is 26.4 Å². The highest BCUT2D eigenvalue weighted by Gasteiger charge is 2.27. The zero-order valence-corrected chi connectivity index (χ0v) is 10.9. The molecule has 1 saturated heterocycles. The number of amides is 1. The van der Waals surface area contributed by atoms with Gasteiger partial charge in [0, 0.05) is 5.75 Å². The van der Waals surface area contributed by atoms with Crippen LogP contribution < -0.4 is 17.2 Å². The molecule has 0 aromatic carbocycles. The molecule has 6 N–H and O–H groups in total. The van der Waals surface area contributed by atoms with Crippen LogP contribution >= 0.6 is 11.8 Å². The number of nitrogens with two attached hydrogens (primary N) is 2. The Morgan fingerprint density at radius 3 is 2.80 bits per heavy atom. The van der Waals surface area contributed by atoms with Gasteiger partial charge in [-0.2, -0.15) is 4.98 Å². The van der Waals surface area contributed by atoms with Crippen molar-refractivity contribution in [1.82, 2.24) is 9.55 Å². The zero-order chi connectivity index (χ0) is 15.3. The van der Waals surface area contributed by atoms with Gasteiger partial charge in [0.25, 0.3) is 0 Å². The quantitative estimate of drug-likeness (QED) is 0.552. The third kappa shape index (κ3) is 4.36. The highest BCUT2D eigenvalue weighted by atomic mass is 32.2. The van der Waals surface area contributed by atoms with Crippen molar-refractivity contribution in [3.05, 3.63) is 22.5 Å². The molecule has 1 aromatic heterocycles. The molecule has 0 bridgehead atoms. The lowest BCUT2D eigenvalue weighted by molar-refractivity contribution is -0.00677. The number of nitrogens with zero attached hydrogens (tertiary/aromatic N) is 2. The van der Waals surface area contributed by atoms with E-state index in [2.05, 4.69) is 10.7 Å². The number of carboxylic acid groups (broad SMARTS) is 1. The van der Waals surface area contributed by atoms with E-state index in [0.29, 0.717) is 5.75 Å². The summed E-state index contributed by atoms with van der Waals surface area (Å²) in [7, 11) is 0. The summed E-state index contributed by atoms with van der Waals surface area (Å²) in [5.74, 6) is -0.734. The maximum absolute atomic E-state index is 13.1. The van der Waals surface area contributed by atoms with Crippen LogP contribution in [0.15, 0.2) is 11.0 Å². The maximum atomic E-state index is 13.1. The van der Waals surface area contributed by atoms with Gasteiger partial charge in [0.1, 0.15) is 11.7 Å². The molecular weight excluding hydrogens is 295 g/mol. The van der Waals surface area contributed by atoms with Gasteiger partial charge in [0.15, 0.2) is 11.6 Å². The Kier molecular flexibility index (Phi) is 5.73. The molecule has 11 heteroatoms. The number of primary amides is 1. The van der Waals surface area contributed by atoms with Gasteiger partial charge in [-0.1, -0.05) is 0 Å². The number of carbonyl (C=O) groups is 1. The lowest BCUT2D eigenvalue weighted by Gasteiger charge is -2.13. The van der Waals surface area contributed by atoms with Crippen molar-refractivity contribution in [2.75, 3.05) is 18.1 Å². The van der Waals surface area contributed by atoms with Gasteiger partial charge in [-0.15, -0.1) is 11.8 Å². The number of aromatic nitrogens is 2. The Labute approximate surface area is 116 Å². The molecule has 0 saturated carbocycles. The molecule has 0 unspecified atom stereocenters. The van der Waals surface area contributed by atoms with E-state index in [0.717, 1.165) is 10.8 Å². The van der Waals surface area contributed by atoms with Crippen molar-refractivity contribution >= 4 is 23.7 Å². The molecule has 1 fully saturated rings. The van der Waals surface area contributed by atoms with Gasteiger partial charge in [-0.3, -0.25) is 4.57 Å². The van der Waals surface area contributed by atoms with Crippen molar-refractivity contribution < 1.29 is 24.1 Å². The fourth-order valence-corrected chi connectivity index (χ4v) is 2.28. The predicted octanol–water partition coefficient (Wildman–Crippen LogP) is -0.832. The van der Waals surface area contributed by atoms with Crippen LogP contribution in [0.25, 0.3) is 0 Å². The van der Waals surface area contributed by atoms with Gasteiger partial charge in [-0.25, -0.2) is 14.0 Å². The van der Waals surface area contributed by atoms with Gasteiger partial charge in [-0.05, 0) is 0 Å². The lowest BCUT2D eigenvalue weighted by Crippen LogP contribution is -2.29. The summed E-state index contributed by atoms with van der Waals surface area (Å²) < 4.78 is 19.5. The van der Waals surface area contributed by atoms with E-state index >= 15 is 0 Å². The van der Waals surface area contributed by atoms with E-state index in [4.69, 9.17) is 25.5 Å². The molecule has 9 nitrogen and oxygen atoms in total. The minimum Gasteiger partial charge on any atom is -0.465 e. The highest BCUT2D eigenvalue weighted by molar-refractivity contribution is 8.00. The van der Waals surface area contributed by atoms with Crippen LogP contribution in [0.3, 0.4) is 0 Å². The average molecular weight is 308 g/mol. The molecule has 20 heavy (non-hydrogen) atoms. The summed E-state index contributed by atoms with van der Waals surface area (Å²) in [6, 6.07) is 0. The summed E-state index contributed by atoms with van der Waals surface area (Å²) in [5, 5.41) is 16.1. The molecule has 2 rings (SSSR count). The van der Waals surface area contributed by atoms with E-state index in [1.54, 1.807) is 0 Å². The highest BCUT2D eigenvalue weighted by Crippen LogP contribution is 2.30. The number of aliphatic hydroxyl groups is 1. The van der Waals surface area contributed by atoms with Crippen molar-refractivity contribution in [2.24, 2.45) is 5.73 Å². The SMILES string of the molecule is NC(=O)O.Nc1nc(=O)n([C@@H]2CS[C@H](CO)O2)cc1F. The van der Waals surface area contributed by atoms with Gasteiger partial charge >= 0.3 is 11.8 Å². The smallest absolute Gasteiger partial charge is 0.402 e. The first-order valence-corrected chi connectivity index (χ1v) is 6.30. The standard InChI is InChI=1S/C8H10FN3O3S.CH3NO2/c9-4-1-12(8(14)11-7(4)10)5-3-16-6(2-13)15-5;2-1(3)4/h1,5-6,13H,2-3H2,(H2,10,11,14);2H2,(H,3,4)/t5-,6+;/m0./s1. The molecule has 1 aliphatic rings. The summed E-state index contributed by atoms with van der Waals surface area (Å²) in [4.78, 5) is 23.5. The number of hydrogen-bond donors (Lipinski definition) is 4. The molecule has 2 heterocycles. The monoisotopic (exact) mass is 308 g/mol. The van der Waals surface area contributed by atoms with Crippen LogP contribution in [0.4, 0.5) is 15.0 Å². The molecule has 0 spiro atoms. The first kappa shape index (κ1) is 16.2.